The zero-order valence-corrected chi connectivity index (χ0v) is 9.37. The Kier molecular flexibility index (Phi) is 4.96. The van der Waals surface area contributed by atoms with Crippen LogP contribution in [0, 0.1) is 0 Å². The molecule has 0 saturated carbocycles. The van der Waals surface area contributed by atoms with Crippen molar-refractivity contribution in [3.8, 4) is 0 Å². The molecule has 0 heterocycles. The number of hydrogen-bond donors (Lipinski definition) is 1. The zero-order chi connectivity index (χ0) is 13.6. The fourth-order valence-corrected chi connectivity index (χ4v) is 1.08. The highest BCUT2D eigenvalue weighted by molar-refractivity contribution is 5.89. The molecule has 0 bridgehead atoms. The topological polar surface area (TPSA) is 61.6 Å². The number of halogens is 3. The van der Waals surface area contributed by atoms with E-state index in [1.165, 1.54) is 24.3 Å². The van der Waals surface area contributed by atoms with Crippen LogP contribution in [-0.2, 0) is 9.47 Å². The van der Waals surface area contributed by atoms with Crippen LogP contribution in [0.1, 0.15) is 10.4 Å². The molecule has 2 N–H and O–H groups in total. The van der Waals surface area contributed by atoms with E-state index in [1.807, 2.05) is 0 Å². The average molecular weight is 263 g/mol. The molecule has 0 radical (unpaired) electrons. The molecule has 0 aromatic heterocycles. The first-order valence-electron chi connectivity index (χ1n) is 5.05. The predicted molar refractivity (Wildman–Crippen MR) is 58.0 cm³/mol. The molecule has 0 aliphatic rings. The molecule has 0 aliphatic carbocycles. The van der Waals surface area contributed by atoms with Crippen molar-refractivity contribution in [3.63, 3.8) is 0 Å². The second-order valence-corrected chi connectivity index (χ2v) is 3.43. The van der Waals surface area contributed by atoms with E-state index in [0.29, 0.717) is 5.69 Å². The lowest BCUT2D eigenvalue weighted by Gasteiger charge is -2.08. The maximum absolute atomic E-state index is 11.7. The minimum atomic E-state index is -4.37. The molecule has 1 aromatic rings. The molecule has 18 heavy (non-hydrogen) atoms. The molecule has 4 nitrogen and oxygen atoms in total. The Bertz CT molecular complexity index is 390. The van der Waals surface area contributed by atoms with Gasteiger partial charge in [-0.3, -0.25) is 0 Å². The third-order valence-electron chi connectivity index (χ3n) is 1.87. The number of anilines is 1. The van der Waals surface area contributed by atoms with Crippen LogP contribution in [-0.4, -0.2) is 32.0 Å². The van der Waals surface area contributed by atoms with Crippen molar-refractivity contribution in [1.82, 2.24) is 0 Å². The van der Waals surface area contributed by atoms with Crippen LogP contribution >= 0.6 is 0 Å². The van der Waals surface area contributed by atoms with E-state index in [0.717, 1.165) is 0 Å². The number of esters is 1. The number of carbonyl (C=O) groups excluding carboxylic acids is 1. The van der Waals surface area contributed by atoms with Crippen molar-refractivity contribution in [2.75, 3.05) is 25.6 Å². The normalized spacial score (nSPS) is 11.3. The highest BCUT2D eigenvalue weighted by Gasteiger charge is 2.27. The third-order valence-corrected chi connectivity index (χ3v) is 1.87. The average Bonchev–Trinajstić information content (AvgIpc) is 2.27. The summed E-state index contributed by atoms with van der Waals surface area (Å²) >= 11 is 0. The molecule has 0 aliphatic heterocycles. The number of carbonyl (C=O) groups is 1. The van der Waals surface area contributed by atoms with Crippen LogP contribution in [0.25, 0.3) is 0 Å². The maximum Gasteiger partial charge on any atom is 0.411 e. The fourth-order valence-electron chi connectivity index (χ4n) is 1.08. The summed E-state index contributed by atoms with van der Waals surface area (Å²) in [5, 5.41) is 0. The van der Waals surface area contributed by atoms with Crippen LogP contribution in [0.3, 0.4) is 0 Å². The molecule has 0 unspecified atom stereocenters. The molecule has 100 valence electrons. The smallest absolute Gasteiger partial charge is 0.411 e. The molecule has 0 amide bonds. The summed E-state index contributed by atoms with van der Waals surface area (Å²) in [4.78, 5) is 11.4. The molecule has 0 fully saturated rings. The van der Waals surface area contributed by atoms with Gasteiger partial charge in [0.05, 0.1) is 12.2 Å². The quantitative estimate of drug-likeness (QED) is 0.501. The first-order chi connectivity index (χ1) is 8.38. The zero-order valence-electron chi connectivity index (χ0n) is 9.37. The molecule has 7 heteroatoms. The van der Waals surface area contributed by atoms with Crippen LogP contribution in [0.5, 0.6) is 0 Å². The van der Waals surface area contributed by atoms with Gasteiger partial charge in [-0.05, 0) is 24.3 Å². The Hall–Kier alpha value is -1.76. The Balaban J connectivity index is 2.24. The van der Waals surface area contributed by atoms with Gasteiger partial charge in [-0.2, -0.15) is 13.2 Å². The van der Waals surface area contributed by atoms with Crippen molar-refractivity contribution in [1.29, 1.82) is 0 Å². The molecular weight excluding hydrogens is 251 g/mol. The largest absolute Gasteiger partial charge is 0.460 e. The maximum atomic E-state index is 11.7. The van der Waals surface area contributed by atoms with Crippen molar-refractivity contribution in [2.24, 2.45) is 0 Å². The molecule has 0 atom stereocenters. The Morgan fingerprint density at radius 3 is 2.33 bits per heavy atom. The summed E-state index contributed by atoms with van der Waals surface area (Å²) in [6.07, 6.45) is -4.37. The fraction of sp³-hybridized carbons (Fsp3) is 0.364. The van der Waals surface area contributed by atoms with Crippen molar-refractivity contribution >= 4 is 11.7 Å². The van der Waals surface area contributed by atoms with Gasteiger partial charge in [0.25, 0.3) is 0 Å². The summed E-state index contributed by atoms with van der Waals surface area (Å²) in [6, 6.07) is 5.98. The van der Waals surface area contributed by atoms with Gasteiger partial charge in [0.2, 0.25) is 0 Å². The Morgan fingerprint density at radius 2 is 1.78 bits per heavy atom. The summed E-state index contributed by atoms with van der Waals surface area (Å²) in [5.41, 5.74) is 6.21. The molecule has 0 saturated heterocycles. The second kappa shape index (κ2) is 6.25. The number of nitrogen functional groups attached to an aromatic ring is 1. The predicted octanol–water partition coefficient (Wildman–Crippen LogP) is 2.00. The van der Waals surface area contributed by atoms with E-state index in [9.17, 15) is 18.0 Å². The first kappa shape index (κ1) is 14.3. The Labute approximate surface area is 101 Å². The monoisotopic (exact) mass is 263 g/mol. The van der Waals surface area contributed by atoms with Crippen LogP contribution in [0.15, 0.2) is 24.3 Å². The lowest BCUT2D eigenvalue weighted by atomic mass is 10.2. The number of alkyl halides is 3. The highest BCUT2D eigenvalue weighted by atomic mass is 19.4. The third kappa shape index (κ3) is 5.53. The molecule has 1 aromatic carbocycles. The number of nitrogens with two attached hydrogens (primary N) is 1. The Morgan fingerprint density at radius 1 is 1.17 bits per heavy atom. The summed E-state index contributed by atoms with van der Waals surface area (Å²) in [5.74, 6) is -0.634. The molecule has 1 rings (SSSR count). The number of benzene rings is 1. The van der Waals surface area contributed by atoms with E-state index in [4.69, 9.17) is 10.5 Å². The lowest BCUT2D eigenvalue weighted by Crippen LogP contribution is -2.19. The van der Waals surface area contributed by atoms with Gasteiger partial charge in [0, 0.05) is 5.69 Å². The van der Waals surface area contributed by atoms with Crippen molar-refractivity contribution < 1.29 is 27.4 Å². The van der Waals surface area contributed by atoms with E-state index in [1.54, 1.807) is 0 Å². The van der Waals surface area contributed by atoms with Gasteiger partial charge in [-0.25, -0.2) is 4.79 Å². The van der Waals surface area contributed by atoms with E-state index in [2.05, 4.69) is 4.74 Å². The molecular formula is C11H12F3NO3. The second-order valence-electron chi connectivity index (χ2n) is 3.43. The van der Waals surface area contributed by atoms with Crippen LogP contribution in [0.2, 0.25) is 0 Å². The van der Waals surface area contributed by atoms with Crippen molar-refractivity contribution in [2.45, 2.75) is 6.18 Å². The van der Waals surface area contributed by atoms with Crippen LogP contribution in [0.4, 0.5) is 18.9 Å². The minimum Gasteiger partial charge on any atom is -0.460 e. The standard InChI is InChI=1S/C11H12F3NO3/c12-11(13,14)7-17-5-6-18-10(16)8-1-3-9(15)4-2-8/h1-4H,5-7,15H2. The highest BCUT2D eigenvalue weighted by Crippen LogP contribution is 2.14. The van der Waals surface area contributed by atoms with Gasteiger partial charge < -0.3 is 15.2 Å². The summed E-state index contributed by atoms with van der Waals surface area (Å²) in [6.45, 7) is -1.90. The SMILES string of the molecule is Nc1ccc(C(=O)OCCOCC(F)(F)F)cc1. The lowest BCUT2D eigenvalue weighted by molar-refractivity contribution is -0.175. The van der Waals surface area contributed by atoms with Gasteiger partial charge in [0.1, 0.15) is 13.2 Å². The number of ether oxygens (including phenoxy) is 2. The van der Waals surface area contributed by atoms with Crippen molar-refractivity contribution in [3.05, 3.63) is 29.8 Å². The van der Waals surface area contributed by atoms with Crippen LogP contribution < -0.4 is 5.73 Å². The first-order valence-corrected chi connectivity index (χ1v) is 5.05. The van der Waals surface area contributed by atoms with E-state index >= 15 is 0 Å². The summed E-state index contributed by atoms with van der Waals surface area (Å²) < 4.78 is 44.1. The van der Waals surface area contributed by atoms with Gasteiger partial charge >= 0.3 is 12.1 Å². The van der Waals surface area contributed by atoms with Gasteiger partial charge in [0.15, 0.2) is 0 Å². The number of hydrogen-bond acceptors (Lipinski definition) is 4. The minimum absolute atomic E-state index is 0.237. The van der Waals surface area contributed by atoms with E-state index < -0.39 is 18.8 Å². The van der Waals surface area contributed by atoms with Gasteiger partial charge in [-0.15, -0.1) is 0 Å². The summed E-state index contributed by atoms with van der Waals surface area (Å²) in [7, 11) is 0. The van der Waals surface area contributed by atoms with Gasteiger partial charge in [-0.1, -0.05) is 0 Å². The van der Waals surface area contributed by atoms with E-state index in [-0.39, 0.29) is 18.8 Å². The molecule has 0 spiro atoms. The number of rotatable bonds is 5.